The van der Waals surface area contributed by atoms with Crippen LogP contribution in [0.5, 0.6) is 17.2 Å². The molecule has 0 saturated carbocycles. The van der Waals surface area contributed by atoms with Crippen molar-refractivity contribution in [1.82, 2.24) is 4.90 Å². The molecule has 4 heteroatoms. The molecule has 0 aliphatic heterocycles. The number of aromatic hydroxyl groups is 3. The second kappa shape index (κ2) is 11.1. The van der Waals surface area contributed by atoms with Crippen LogP contribution in [-0.2, 0) is 35.9 Å². The summed E-state index contributed by atoms with van der Waals surface area (Å²) in [6, 6.07) is 12.5. The maximum atomic E-state index is 11.1. The topological polar surface area (TPSA) is 63.9 Å². The molecule has 0 atom stereocenters. The van der Waals surface area contributed by atoms with E-state index in [1.807, 2.05) is 20.8 Å². The van der Waals surface area contributed by atoms with Crippen LogP contribution in [0.25, 0.3) is 0 Å². The fourth-order valence-corrected chi connectivity index (χ4v) is 5.11. The molecule has 0 unspecified atom stereocenters. The number of phenolic OH excluding ortho intramolecular Hbond substituents is 3. The van der Waals surface area contributed by atoms with Gasteiger partial charge in [-0.25, -0.2) is 0 Å². The van der Waals surface area contributed by atoms with E-state index >= 15 is 0 Å². The largest absolute Gasteiger partial charge is 0.507 e. The van der Waals surface area contributed by atoms with Crippen LogP contribution in [-0.4, -0.2) is 20.2 Å². The van der Waals surface area contributed by atoms with E-state index in [0.717, 1.165) is 33.4 Å². The molecule has 3 rings (SSSR count). The molecule has 218 valence electrons. The molecular formula is C36H51NO3. The first kappa shape index (κ1) is 31.5. The Kier molecular flexibility index (Phi) is 8.77. The molecular weight excluding hydrogens is 494 g/mol. The Labute approximate surface area is 242 Å². The third-order valence-electron chi connectivity index (χ3n) is 7.92. The van der Waals surface area contributed by atoms with Gasteiger partial charge in [0.05, 0.1) is 0 Å². The highest BCUT2D eigenvalue weighted by Gasteiger charge is 2.24. The lowest BCUT2D eigenvalue weighted by molar-refractivity contribution is 0.237. The van der Waals surface area contributed by atoms with Gasteiger partial charge in [0.1, 0.15) is 17.2 Å². The second-order valence-electron chi connectivity index (χ2n) is 14.8. The highest BCUT2D eigenvalue weighted by molar-refractivity contribution is 5.48. The molecule has 0 aliphatic carbocycles. The normalized spacial score (nSPS) is 12.8. The zero-order chi connectivity index (χ0) is 30.4. The molecule has 0 aromatic heterocycles. The summed E-state index contributed by atoms with van der Waals surface area (Å²) >= 11 is 0. The Bertz CT molecular complexity index is 1210. The van der Waals surface area contributed by atoms with Crippen molar-refractivity contribution in [2.24, 2.45) is 0 Å². The molecule has 0 aliphatic rings. The predicted molar refractivity (Wildman–Crippen MR) is 168 cm³/mol. The van der Waals surface area contributed by atoms with Gasteiger partial charge in [0, 0.05) is 36.3 Å². The molecule has 0 amide bonds. The summed E-state index contributed by atoms with van der Waals surface area (Å²) in [6.45, 7) is 26.8. The minimum Gasteiger partial charge on any atom is -0.507 e. The molecule has 4 nitrogen and oxygen atoms in total. The molecule has 3 aromatic carbocycles. The van der Waals surface area contributed by atoms with Crippen molar-refractivity contribution in [1.29, 1.82) is 0 Å². The summed E-state index contributed by atoms with van der Waals surface area (Å²) in [5.41, 5.74) is 8.39. The minimum absolute atomic E-state index is 0.0646. The smallest absolute Gasteiger partial charge is 0.122 e. The number of phenols is 3. The van der Waals surface area contributed by atoms with Crippen molar-refractivity contribution >= 4 is 0 Å². The van der Waals surface area contributed by atoms with E-state index in [2.05, 4.69) is 104 Å². The Morgan fingerprint density at radius 1 is 0.450 bits per heavy atom. The van der Waals surface area contributed by atoms with Crippen molar-refractivity contribution in [3.8, 4) is 17.2 Å². The summed E-state index contributed by atoms with van der Waals surface area (Å²) < 4.78 is 0. The van der Waals surface area contributed by atoms with Crippen molar-refractivity contribution in [2.75, 3.05) is 0 Å². The van der Waals surface area contributed by atoms with Crippen LogP contribution in [0, 0.1) is 20.8 Å². The number of aryl methyl sites for hydroxylation is 3. The first-order valence-corrected chi connectivity index (χ1v) is 14.4. The SMILES string of the molecule is Cc1cc(C(C)(C)C)cc(CN(Cc2cc(C(C)(C)C)cc(C)c2O)Cc2cc(C(C)(C)C)cc(C)c2O)c1O. The maximum Gasteiger partial charge on any atom is 0.122 e. The molecule has 0 heterocycles. The summed E-state index contributed by atoms with van der Waals surface area (Å²) in [5.74, 6) is 0.891. The van der Waals surface area contributed by atoms with Crippen molar-refractivity contribution < 1.29 is 15.3 Å². The number of hydrogen-bond donors (Lipinski definition) is 3. The van der Waals surface area contributed by atoms with Gasteiger partial charge in [0.15, 0.2) is 0 Å². The third kappa shape index (κ3) is 7.20. The van der Waals surface area contributed by atoms with E-state index in [1.54, 1.807) is 0 Å². The van der Waals surface area contributed by atoms with Crippen molar-refractivity contribution in [2.45, 2.75) is 119 Å². The maximum absolute atomic E-state index is 11.1. The number of benzene rings is 3. The lowest BCUT2D eigenvalue weighted by Crippen LogP contribution is -2.24. The van der Waals surface area contributed by atoms with Gasteiger partial charge in [-0.15, -0.1) is 0 Å². The van der Waals surface area contributed by atoms with Gasteiger partial charge in [-0.3, -0.25) is 4.90 Å². The Balaban J connectivity index is 2.16. The van der Waals surface area contributed by atoms with Crippen LogP contribution in [0.15, 0.2) is 36.4 Å². The Morgan fingerprint density at radius 2 is 0.675 bits per heavy atom. The van der Waals surface area contributed by atoms with E-state index in [0.29, 0.717) is 36.9 Å². The lowest BCUT2D eigenvalue weighted by Gasteiger charge is -2.29. The number of hydrogen-bond acceptors (Lipinski definition) is 4. The van der Waals surface area contributed by atoms with Gasteiger partial charge < -0.3 is 15.3 Å². The van der Waals surface area contributed by atoms with Gasteiger partial charge >= 0.3 is 0 Å². The van der Waals surface area contributed by atoms with Gasteiger partial charge in [-0.2, -0.15) is 0 Å². The molecule has 3 aromatic rings. The van der Waals surface area contributed by atoms with Gasteiger partial charge in [-0.05, 0) is 70.4 Å². The van der Waals surface area contributed by atoms with Crippen LogP contribution in [0.4, 0.5) is 0 Å². The van der Waals surface area contributed by atoms with Crippen molar-refractivity contribution in [3.05, 3.63) is 86.5 Å². The number of nitrogens with zero attached hydrogens (tertiary/aromatic N) is 1. The number of rotatable bonds is 6. The first-order chi connectivity index (χ1) is 18.2. The van der Waals surface area contributed by atoms with E-state index in [1.165, 1.54) is 16.7 Å². The van der Waals surface area contributed by atoms with E-state index in [-0.39, 0.29) is 16.2 Å². The lowest BCUT2D eigenvalue weighted by atomic mass is 9.84. The van der Waals surface area contributed by atoms with Crippen LogP contribution in [0.3, 0.4) is 0 Å². The highest BCUT2D eigenvalue weighted by Crippen LogP contribution is 2.36. The molecule has 0 spiro atoms. The monoisotopic (exact) mass is 545 g/mol. The van der Waals surface area contributed by atoms with Crippen LogP contribution < -0.4 is 0 Å². The third-order valence-corrected chi connectivity index (χ3v) is 7.92. The first-order valence-electron chi connectivity index (χ1n) is 14.4. The van der Waals surface area contributed by atoms with Crippen LogP contribution in [0.1, 0.15) is 112 Å². The quantitative estimate of drug-likeness (QED) is 0.289. The van der Waals surface area contributed by atoms with Crippen LogP contribution >= 0.6 is 0 Å². The average Bonchev–Trinajstić information content (AvgIpc) is 2.80. The summed E-state index contributed by atoms with van der Waals surface area (Å²) in [4.78, 5) is 2.21. The summed E-state index contributed by atoms with van der Waals surface area (Å²) in [7, 11) is 0. The zero-order valence-corrected chi connectivity index (χ0v) is 26.9. The van der Waals surface area contributed by atoms with Crippen LogP contribution in [0.2, 0.25) is 0 Å². The summed E-state index contributed by atoms with van der Waals surface area (Å²) in [6.07, 6.45) is 0. The minimum atomic E-state index is -0.0646. The molecule has 40 heavy (non-hydrogen) atoms. The summed E-state index contributed by atoms with van der Waals surface area (Å²) in [5, 5.41) is 33.4. The fourth-order valence-electron chi connectivity index (χ4n) is 5.11. The van der Waals surface area contributed by atoms with Crippen molar-refractivity contribution in [3.63, 3.8) is 0 Å². The molecule has 0 fully saturated rings. The second-order valence-corrected chi connectivity index (χ2v) is 14.8. The molecule has 3 N–H and O–H groups in total. The fraction of sp³-hybridized carbons (Fsp3) is 0.500. The standard InChI is InChI=1S/C36H51NO3/c1-22-13-28(34(4,5)6)16-25(31(22)38)19-37(20-26-17-29(35(7,8)9)14-23(2)32(26)39)21-27-18-30(36(10,11)12)15-24(3)33(27)40/h13-18,38-40H,19-21H2,1-12H3. The molecule has 0 saturated heterocycles. The van der Waals surface area contributed by atoms with E-state index in [9.17, 15) is 15.3 Å². The molecule has 0 bridgehead atoms. The van der Waals surface area contributed by atoms with Gasteiger partial charge in [0.25, 0.3) is 0 Å². The van der Waals surface area contributed by atoms with E-state index in [4.69, 9.17) is 0 Å². The zero-order valence-electron chi connectivity index (χ0n) is 26.9. The van der Waals surface area contributed by atoms with E-state index < -0.39 is 0 Å². The molecule has 0 radical (unpaired) electrons. The van der Waals surface area contributed by atoms with Gasteiger partial charge in [-0.1, -0.05) is 98.7 Å². The predicted octanol–water partition coefficient (Wildman–Crippen LogP) is 8.82. The Morgan fingerprint density at radius 3 is 0.875 bits per heavy atom. The average molecular weight is 546 g/mol. The highest BCUT2D eigenvalue weighted by atomic mass is 16.3. The Hall–Kier alpha value is -2.98. The van der Waals surface area contributed by atoms with Gasteiger partial charge in [0.2, 0.25) is 0 Å².